The average molecular weight is 545 g/mol. The first-order valence-electron chi connectivity index (χ1n) is 12.7. The van der Waals surface area contributed by atoms with Gasteiger partial charge in [-0.05, 0) is 64.3 Å². The minimum absolute atomic E-state index is 0.00483. The number of hydrogen-bond donors (Lipinski definition) is 2. The Labute approximate surface area is 229 Å². The van der Waals surface area contributed by atoms with E-state index in [1.807, 2.05) is 31.2 Å². The van der Waals surface area contributed by atoms with Crippen LogP contribution in [0.4, 0.5) is 0 Å². The molecule has 0 aliphatic heterocycles. The molecule has 8 nitrogen and oxygen atoms in total. The van der Waals surface area contributed by atoms with Gasteiger partial charge in [-0.25, -0.2) is 4.79 Å². The highest BCUT2D eigenvalue weighted by Crippen LogP contribution is 2.25. The number of carbonyl (C=O) groups is 4. The highest BCUT2D eigenvalue weighted by molar-refractivity contribution is 6.30. The molecule has 2 aromatic carbocycles. The molecule has 2 N–H and O–H groups in total. The number of amides is 2. The zero-order valence-electron chi connectivity index (χ0n) is 22.6. The van der Waals surface area contributed by atoms with Gasteiger partial charge in [-0.3, -0.25) is 14.4 Å². The topological polar surface area (TPSA) is 111 Å². The molecular formula is C29H37ClN2O6. The summed E-state index contributed by atoms with van der Waals surface area (Å²) in [6, 6.07) is 12.5. The van der Waals surface area contributed by atoms with Crippen LogP contribution < -0.4 is 10.6 Å². The van der Waals surface area contributed by atoms with Gasteiger partial charge in [-0.15, -0.1) is 0 Å². The molecule has 2 atom stereocenters. The highest BCUT2D eigenvalue weighted by Gasteiger charge is 2.34. The maximum Gasteiger partial charge on any atom is 0.328 e. The second-order valence-electron chi connectivity index (χ2n) is 9.50. The van der Waals surface area contributed by atoms with Crippen molar-refractivity contribution in [3.8, 4) is 0 Å². The Balaban J connectivity index is 2.28. The summed E-state index contributed by atoms with van der Waals surface area (Å²) >= 11 is 6.01. The lowest BCUT2D eigenvalue weighted by molar-refractivity contribution is -0.149. The third kappa shape index (κ3) is 9.17. The van der Waals surface area contributed by atoms with Crippen molar-refractivity contribution in [2.45, 2.75) is 71.4 Å². The molecule has 0 fully saturated rings. The molecule has 2 aromatic rings. The standard InChI is InChI=1S/C29H37ClN2O6/c1-6-37-25(33)17-16-23(27(35)38-7-2)31-26(34)24(18-20-10-8-19(3)9-11-20)32-28(36)29(4,5)21-12-14-22(30)15-13-21/h8-15,23-24H,6-7,16-18H2,1-5H3,(H,31,34)(H,32,36)/t23-,24+/m1/s1. The van der Waals surface area contributed by atoms with E-state index >= 15 is 0 Å². The Morgan fingerprint density at radius 3 is 2.05 bits per heavy atom. The van der Waals surface area contributed by atoms with E-state index in [0.29, 0.717) is 5.02 Å². The molecule has 0 bridgehead atoms. The lowest BCUT2D eigenvalue weighted by Crippen LogP contribution is -2.55. The molecule has 0 radical (unpaired) electrons. The number of nitrogens with one attached hydrogen (secondary N) is 2. The number of ether oxygens (including phenoxy) is 2. The van der Waals surface area contributed by atoms with Gasteiger partial charge < -0.3 is 20.1 Å². The number of aryl methyl sites for hydroxylation is 1. The predicted molar refractivity (Wildman–Crippen MR) is 146 cm³/mol. The first-order valence-corrected chi connectivity index (χ1v) is 13.1. The van der Waals surface area contributed by atoms with E-state index in [1.165, 1.54) is 0 Å². The van der Waals surface area contributed by atoms with E-state index in [9.17, 15) is 19.2 Å². The van der Waals surface area contributed by atoms with Gasteiger partial charge in [0.1, 0.15) is 12.1 Å². The SMILES string of the molecule is CCOC(=O)CC[C@@H](NC(=O)[C@H](Cc1ccc(C)cc1)NC(=O)C(C)(C)c1ccc(Cl)cc1)C(=O)OCC. The Hall–Kier alpha value is -3.39. The van der Waals surface area contributed by atoms with Crippen molar-refractivity contribution >= 4 is 35.4 Å². The molecule has 9 heteroatoms. The van der Waals surface area contributed by atoms with E-state index in [0.717, 1.165) is 16.7 Å². The molecule has 2 amide bonds. The van der Waals surface area contributed by atoms with Crippen molar-refractivity contribution in [1.29, 1.82) is 0 Å². The number of hydrogen-bond acceptors (Lipinski definition) is 6. The minimum Gasteiger partial charge on any atom is -0.466 e. The summed E-state index contributed by atoms with van der Waals surface area (Å²) in [5, 5.41) is 6.10. The van der Waals surface area contributed by atoms with E-state index in [4.69, 9.17) is 21.1 Å². The van der Waals surface area contributed by atoms with Crippen molar-refractivity contribution in [3.05, 3.63) is 70.2 Å². The summed E-state index contributed by atoms with van der Waals surface area (Å²) in [5.41, 5.74) is 1.65. The van der Waals surface area contributed by atoms with Gasteiger partial charge in [0.2, 0.25) is 11.8 Å². The summed E-state index contributed by atoms with van der Waals surface area (Å²) < 4.78 is 10.1. The van der Waals surface area contributed by atoms with Crippen LogP contribution in [0.2, 0.25) is 5.02 Å². The Kier molecular flexibility index (Phi) is 11.8. The second kappa shape index (κ2) is 14.5. The second-order valence-corrected chi connectivity index (χ2v) is 9.94. The van der Waals surface area contributed by atoms with Crippen LogP contribution in [0.3, 0.4) is 0 Å². The largest absolute Gasteiger partial charge is 0.466 e. The zero-order valence-corrected chi connectivity index (χ0v) is 23.4. The molecule has 38 heavy (non-hydrogen) atoms. The zero-order chi connectivity index (χ0) is 28.3. The van der Waals surface area contributed by atoms with E-state index in [-0.39, 0.29) is 38.4 Å². The first-order chi connectivity index (χ1) is 18.0. The van der Waals surface area contributed by atoms with Gasteiger partial charge in [-0.2, -0.15) is 0 Å². The number of halogens is 1. The van der Waals surface area contributed by atoms with Gasteiger partial charge in [-0.1, -0.05) is 53.6 Å². The third-order valence-electron chi connectivity index (χ3n) is 6.15. The van der Waals surface area contributed by atoms with Gasteiger partial charge in [0.25, 0.3) is 0 Å². The lowest BCUT2D eigenvalue weighted by Gasteiger charge is -2.28. The van der Waals surface area contributed by atoms with Crippen molar-refractivity contribution in [2.75, 3.05) is 13.2 Å². The molecule has 0 saturated heterocycles. The molecule has 0 unspecified atom stereocenters. The summed E-state index contributed by atoms with van der Waals surface area (Å²) in [5.74, 6) is -2.07. The van der Waals surface area contributed by atoms with Crippen LogP contribution in [0.15, 0.2) is 48.5 Å². The van der Waals surface area contributed by atoms with Crippen LogP contribution in [-0.4, -0.2) is 49.1 Å². The smallest absolute Gasteiger partial charge is 0.328 e. The summed E-state index contributed by atoms with van der Waals surface area (Å²) in [7, 11) is 0. The van der Waals surface area contributed by atoms with Crippen molar-refractivity contribution in [3.63, 3.8) is 0 Å². The molecule has 0 spiro atoms. The summed E-state index contributed by atoms with van der Waals surface area (Å²) in [6.45, 7) is 9.14. The minimum atomic E-state index is -1.08. The number of rotatable bonds is 13. The third-order valence-corrected chi connectivity index (χ3v) is 6.40. The van der Waals surface area contributed by atoms with Crippen LogP contribution in [0.5, 0.6) is 0 Å². The number of benzene rings is 2. The van der Waals surface area contributed by atoms with Crippen LogP contribution in [0.1, 0.15) is 57.2 Å². The quantitative estimate of drug-likeness (QED) is 0.368. The summed E-state index contributed by atoms with van der Waals surface area (Å²) in [6.07, 6.45) is 0.128. The number of esters is 2. The molecule has 0 aromatic heterocycles. The van der Waals surface area contributed by atoms with Crippen LogP contribution in [0, 0.1) is 6.92 Å². The molecule has 0 aliphatic carbocycles. The molecule has 0 aliphatic rings. The normalized spacial score (nSPS) is 12.7. The van der Waals surface area contributed by atoms with E-state index < -0.39 is 35.3 Å². The Bertz CT molecular complexity index is 1100. The fourth-order valence-electron chi connectivity index (χ4n) is 3.76. The van der Waals surface area contributed by atoms with Crippen LogP contribution >= 0.6 is 11.6 Å². The van der Waals surface area contributed by atoms with Crippen molar-refractivity contribution in [1.82, 2.24) is 10.6 Å². The van der Waals surface area contributed by atoms with Gasteiger partial charge in [0, 0.05) is 17.9 Å². The molecule has 0 saturated carbocycles. The van der Waals surface area contributed by atoms with E-state index in [1.54, 1.807) is 52.0 Å². The van der Waals surface area contributed by atoms with Gasteiger partial charge >= 0.3 is 11.9 Å². The average Bonchev–Trinajstić information content (AvgIpc) is 2.87. The lowest BCUT2D eigenvalue weighted by atomic mass is 9.83. The molecule has 2 rings (SSSR count). The fraction of sp³-hybridized carbons (Fsp3) is 0.448. The van der Waals surface area contributed by atoms with Gasteiger partial charge in [0.05, 0.1) is 18.6 Å². The van der Waals surface area contributed by atoms with Crippen LogP contribution in [0.25, 0.3) is 0 Å². The summed E-state index contributed by atoms with van der Waals surface area (Å²) in [4.78, 5) is 51.4. The highest BCUT2D eigenvalue weighted by atomic mass is 35.5. The van der Waals surface area contributed by atoms with Gasteiger partial charge in [0.15, 0.2) is 0 Å². The molecular weight excluding hydrogens is 508 g/mol. The monoisotopic (exact) mass is 544 g/mol. The Morgan fingerprint density at radius 2 is 1.47 bits per heavy atom. The van der Waals surface area contributed by atoms with Crippen LogP contribution in [-0.2, 0) is 40.5 Å². The fourth-order valence-corrected chi connectivity index (χ4v) is 3.89. The van der Waals surface area contributed by atoms with Crippen molar-refractivity contribution < 1.29 is 28.7 Å². The van der Waals surface area contributed by atoms with E-state index in [2.05, 4.69) is 10.6 Å². The number of carbonyl (C=O) groups excluding carboxylic acids is 4. The maximum absolute atomic E-state index is 13.5. The Morgan fingerprint density at radius 1 is 0.868 bits per heavy atom. The maximum atomic E-state index is 13.5. The van der Waals surface area contributed by atoms with Crippen molar-refractivity contribution in [2.24, 2.45) is 0 Å². The molecule has 206 valence electrons. The molecule has 0 heterocycles. The first kappa shape index (κ1) is 30.8. The predicted octanol–water partition coefficient (Wildman–Crippen LogP) is 4.04.